The van der Waals surface area contributed by atoms with E-state index in [9.17, 15) is 9.59 Å². The zero-order valence-corrected chi connectivity index (χ0v) is 11.1. The van der Waals surface area contributed by atoms with Crippen LogP contribution in [-0.2, 0) is 19.2 Å². The molecule has 0 aromatic heterocycles. The standard InChI is InChI=1S/C10H17ClO6/c1-5-14-9(13)16-17-10(3,4)6-7(2)15-8(11)12/h7H,5-6H2,1-4H3. The molecule has 0 spiro atoms. The van der Waals surface area contributed by atoms with Gasteiger partial charge in [0.25, 0.3) is 0 Å². The third-order valence-corrected chi connectivity index (χ3v) is 1.76. The normalized spacial score (nSPS) is 12.8. The first kappa shape index (κ1) is 16.0. The number of carbonyl (C=O) groups excluding carboxylic acids is 2. The Hall–Kier alpha value is -1.01. The van der Waals surface area contributed by atoms with E-state index in [1.807, 2.05) is 0 Å². The molecule has 0 aliphatic rings. The molecule has 0 N–H and O–H groups in total. The van der Waals surface area contributed by atoms with Gasteiger partial charge in [-0.05, 0) is 27.7 Å². The van der Waals surface area contributed by atoms with Gasteiger partial charge in [0.05, 0.1) is 6.61 Å². The number of rotatable bonds is 6. The van der Waals surface area contributed by atoms with Crippen molar-refractivity contribution in [3.05, 3.63) is 0 Å². The van der Waals surface area contributed by atoms with Gasteiger partial charge in [0.15, 0.2) is 0 Å². The van der Waals surface area contributed by atoms with Crippen molar-refractivity contribution < 1.29 is 28.8 Å². The highest BCUT2D eigenvalue weighted by Crippen LogP contribution is 2.19. The summed E-state index contributed by atoms with van der Waals surface area (Å²) in [6.45, 7) is 6.84. The van der Waals surface area contributed by atoms with Gasteiger partial charge in [-0.1, -0.05) is 0 Å². The first-order valence-electron chi connectivity index (χ1n) is 5.15. The summed E-state index contributed by atoms with van der Waals surface area (Å²) in [5.74, 6) is 0. The average Bonchev–Trinajstić information content (AvgIpc) is 2.13. The summed E-state index contributed by atoms with van der Waals surface area (Å²) in [4.78, 5) is 30.7. The molecule has 0 aromatic rings. The van der Waals surface area contributed by atoms with Crippen LogP contribution in [0, 0.1) is 0 Å². The van der Waals surface area contributed by atoms with E-state index in [4.69, 9.17) is 21.2 Å². The highest BCUT2D eigenvalue weighted by Gasteiger charge is 2.27. The van der Waals surface area contributed by atoms with E-state index in [-0.39, 0.29) is 6.61 Å². The molecule has 0 bridgehead atoms. The fourth-order valence-electron chi connectivity index (χ4n) is 1.21. The van der Waals surface area contributed by atoms with Gasteiger partial charge >= 0.3 is 11.6 Å². The maximum absolute atomic E-state index is 10.9. The van der Waals surface area contributed by atoms with Crippen LogP contribution in [-0.4, -0.2) is 29.9 Å². The van der Waals surface area contributed by atoms with Gasteiger partial charge in [-0.2, -0.15) is 4.89 Å². The molecule has 0 radical (unpaired) electrons. The lowest BCUT2D eigenvalue weighted by atomic mass is 10.0. The Morgan fingerprint density at radius 3 is 2.41 bits per heavy atom. The van der Waals surface area contributed by atoms with E-state index in [1.165, 1.54) is 0 Å². The highest BCUT2D eigenvalue weighted by atomic mass is 35.5. The van der Waals surface area contributed by atoms with Crippen LogP contribution in [0.5, 0.6) is 0 Å². The summed E-state index contributed by atoms with van der Waals surface area (Å²) in [5.41, 5.74) is -1.71. The van der Waals surface area contributed by atoms with E-state index in [0.29, 0.717) is 6.42 Å². The Kier molecular flexibility index (Phi) is 6.91. The Labute approximate surface area is 105 Å². The third kappa shape index (κ3) is 8.76. The Bertz CT molecular complexity index is 266. The fourth-order valence-corrected chi connectivity index (χ4v) is 1.37. The van der Waals surface area contributed by atoms with Crippen LogP contribution in [0.4, 0.5) is 9.59 Å². The van der Waals surface area contributed by atoms with Gasteiger partial charge in [-0.3, -0.25) is 4.89 Å². The van der Waals surface area contributed by atoms with Gasteiger partial charge in [-0.15, -0.1) is 0 Å². The molecule has 6 nitrogen and oxygen atoms in total. The molecule has 7 heteroatoms. The molecule has 0 fully saturated rings. The molecule has 0 saturated carbocycles. The second-order valence-electron chi connectivity index (χ2n) is 3.98. The summed E-state index contributed by atoms with van der Waals surface area (Å²) in [5, 5.41) is 0. The van der Waals surface area contributed by atoms with Crippen molar-refractivity contribution in [3.8, 4) is 0 Å². The van der Waals surface area contributed by atoms with Crippen LogP contribution in [0.1, 0.15) is 34.1 Å². The quantitative estimate of drug-likeness (QED) is 0.319. The predicted molar refractivity (Wildman–Crippen MR) is 59.7 cm³/mol. The summed E-state index contributed by atoms with van der Waals surface area (Å²) in [6, 6.07) is 0. The molecule has 1 atom stereocenters. The van der Waals surface area contributed by atoms with Crippen LogP contribution in [0.3, 0.4) is 0 Å². The molecular formula is C10H17ClO6. The van der Waals surface area contributed by atoms with Crippen molar-refractivity contribution >= 4 is 23.2 Å². The maximum Gasteiger partial charge on any atom is 0.540 e. The van der Waals surface area contributed by atoms with E-state index < -0.39 is 23.3 Å². The molecule has 0 rings (SSSR count). The lowest BCUT2D eigenvalue weighted by molar-refractivity contribution is -0.321. The largest absolute Gasteiger partial charge is 0.540 e. The zero-order valence-electron chi connectivity index (χ0n) is 10.3. The molecule has 100 valence electrons. The van der Waals surface area contributed by atoms with Crippen LogP contribution in [0.25, 0.3) is 0 Å². The smallest absolute Gasteiger partial charge is 0.451 e. The van der Waals surface area contributed by atoms with Crippen molar-refractivity contribution in [2.24, 2.45) is 0 Å². The Balaban J connectivity index is 4.01. The molecule has 0 amide bonds. The number of hydrogen-bond donors (Lipinski definition) is 0. The van der Waals surface area contributed by atoms with E-state index >= 15 is 0 Å². The van der Waals surface area contributed by atoms with E-state index in [1.54, 1.807) is 27.7 Å². The average molecular weight is 269 g/mol. The lowest BCUT2D eigenvalue weighted by Gasteiger charge is -2.25. The maximum atomic E-state index is 10.9. The van der Waals surface area contributed by atoms with Gasteiger partial charge in [-0.25, -0.2) is 9.59 Å². The van der Waals surface area contributed by atoms with Crippen LogP contribution >= 0.6 is 11.6 Å². The molecule has 1 unspecified atom stereocenters. The van der Waals surface area contributed by atoms with Gasteiger partial charge in [0.1, 0.15) is 11.7 Å². The van der Waals surface area contributed by atoms with Crippen LogP contribution in [0.15, 0.2) is 0 Å². The van der Waals surface area contributed by atoms with E-state index in [0.717, 1.165) is 0 Å². The highest BCUT2D eigenvalue weighted by molar-refractivity contribution is 6.61. The Morgan fingerprint density at radius 2 is 1.94 bits per heavy atom. The fraction of sp³-hybridized carbons (Fsp3) is 0.800. The number of hydrogen-bond acceptors (Lipinski definition) is 6. The van der Waals surface area contributed by atoms with Crippen molar-refractivity contribution in [2.45, 2.75) is 45.8 Å². The van der Waals surface area contributed by atoms with Crippen LogP contribution < -0.4 is 0 Å². The first-order valence-corrected chi connectivity index (χ1v) is 5.53. The Morgan fingerprint density at radius 1 is 1.35 bits per heavy atom. The number of halogens is 1. The molecule has 0 aliphatic carbocycles. The topological polar surface area (TPSA) is 71.1 Å². The minimum Gasteiger partial charge on any atom is -0.451 e. The summed E-state index contributed by atoms with van der Waals surface area (Å²) < 4.78 is 9.23. The lowest BCUT2D eigenvalue weighted by Crippen LogP contribution is -2.31. The zero-order chi connectivity index (χ0) is 13.5. The second-order valence-corrected chi connectivity index (χ2v) is 4.29. The molecule has 0 aliphatic heterocycles. The SMILES string of the molecule is CCOC(=O)OOC(C)(C)CC(C)OC(=O)Cl. The van der Waals surface area contributed by atoms with Crippen molar-refractivity contribution in [3.63, 3.8) is 0 Å². The van der Waals surface area contributed by atoms with Gasteiger partial charge in [0.2, 0.25) is 0 Å². The monoisotopic (exact) mass is 268 g/mol. The molecule has 17 heavy (non-hydrogen) atoms. The summed E-state index contributed by atoms with van der Waals surface area (Å²) >= 11 is 5.06. The molecule has 0 aromatic carbocycles. The summed E-state index contributed by atoms with van der Waals surface area (Å²) in [7, 11) is 0. The minimum atomic E-state index is -0.914. The molecule has 0 saturated heterocycles. The number of carbonyl (C=O) groups is 2. The van der Waals surface area contributed by atoms with Gasteiger partial charge < -0.3 is 9.47 Å². The second kappa shape index (κ2) is 7.34. The van der Waals surface area contributed by atoms with Crippen molar-refractivity contribution in [2.75, 3.05) is 6.61 Å². The van der Waals surface area contributed by atoms with E-state index in [2.05, 4.69) is 9.62 Å². The first-order chi connectivity index (χ1) is 7.76. The van der Waals surface area contributed by atoms with Crippen molar-refractivity contribution in [1.82, 2.24) is 0 Å². The molecular weight excluding hydrogens is 252 g/mol. The molecule has 0 heterocycles. The predicted octanol–water partition coefficient (Wildman–Crippen LogP) is 3.02. The summed E-state index contributed by atoms with van der Waals surface area (Å²) in [6.07, 6.45) is -1.06. The van der Waals surface area contributed by atoms with Gasteiger partial charge in [0, 0.05) is 18.0 Å². The minimum absolute atomic E-state index is 0.197. The van der Waals surface area contributed by atoms with Crippen molar-refractivity contribution in [1.29, 1.82) is 0 Å². The third-order valence-electron chi connectivity index (χ3n) is 1.67. The number of ether oxygens (including phenoxy) is 2. The van der Waals surface area contributed by atoms with Crippen LogP contribution in [0.2, 0.25) is 0 Å².